The SMILES string of the molecule is N#Cc1cnc2ccccc2c1-n1cc(Br)cn1. The molecule has 3 aromatic rings. The zero-order valence-corrected chi connectivity index (χ0v) is 10.8. The van der Waals surface area contributed by atoms with E-state index in [2.05, 4.69) is 32.1 Å². The lowest BCUT2D eigenvalue weighted by Crippen LogP contribution is -2.00. The minimum absolute atomic E-state index is 0.504. The summed E-state index contributed by atoms with van der Waals surface area (Å²) in [5, 5.41) is 14.3. The van der Waals surface area contributed by atoms with Gasteiger partial charge < -0.3 is 0 Å². The van der Waals surface area contributed by atoms with Crippen LogP contribution >= 0.6 is 15.9 Å². The van der Waals surface area contributed by atoms with Crippen molar-refractivity contribution in [1.29, 1.82) is 5.26 Å². The first kappa shape index (κ1) is 10.9. The number of fused-ring (bicyclic) bond motifs is 1. The zero-order valence-electron chi connectivity index (χ0n) is 9.21. The second-order valence-corrected chi connectivity index (χ2v) is 4.67. The van der Waals surface area contributed by atoms with Crippen LogP contribution in [0.3, 0.4) is 0 Å². The fourth-order valence-electron chi connectivity index (χ4n) is 1.88. The number of para-hydroxylation sites is 1. The highest BCUT2D eigenvalue weighted by atomic mass is 79.9. The molecule has 0 atom stereocenters. The monoisotopic (exact) mass is 298 g/mol. The summed E-state index contributed by atoms with van der Waals surface area (Å²) in [5.74, 6) is 0. The molecule has 4 nitrogen and oxygen atoms in total. The zero-order chi connectivity index (χ0) is 12.5. The van der Waals surface area contributed by atoms with Crippen molar-refractivity contribution < 1.29 is 0 Å². The van der Waals surface area contributed by atoms with Crippen LogP contribution in [0.1, 0.15) is 5.56 Å². The molecule has 0 spiro atoms. The number of pyridine rings is 1. The quantitative estimate of drug-likeness (QED) is 0.694. The van der Waals surface area contributed by atoms with Crippen molar-refractivity contribution in [3.05, 3.63) is 52.9 Å². The van der Waals surface area contributed by atoms with Gasteiger partial charge in [-0.2, -0.15) is 10.4 Å². The second kappa shape index (κ2) is 4.24. The Hall–Kier alpha value is -2.19. The number of rotatable bonds is 1. The maximum atomic E-state index is 9.20. The number of hydrogen-bond donors (Lipinski definition) is 0. The molecule has 1 aromatic carbocycles. The van der Waals surface area contributed by atoms with Gasteiger partial charge in [-0.15, -0.1) is 0 Å². The van der Waals surface area contributed by atoms with Gasteiger partial charge in [-0.25, -0.2) is 4.68 Å². The third-order valence-corrected chi connectivity index (χ3v) is 3.06. The summed E-state index contributed by atoms with van der Waals surface area (Å²) in [6.45, 7) is 0. The molecule has 0 saturated heterocycles. The summed E-state index contributed by atoms with van der Waals surface area (Å²) in [5.41, 5.74) is 2.11. The summed E-state index contributed by atoms with van der Waals surface area (Å²) in [7, 11) is 0. The van der Waals surface area contributed by atoms with Crippen molar-refractivity contribution in [2.45, 2.75) is 0 Å². The van der Waals surface area contributed by atoms with Crippen molar-refractivity contribution in [3.8, 4) is 11.8 Å². The normalized spacial score (nSPS) is 10.4. The van der Waals surface area contributed by atoms with Crippen LogP contribution in [0.15, 0.2) is 47.3 Å². The summed E-state index contributed by atoms with van der Waals surface area (Å²) in [4.78, 5) is 4.27. The number of benzene rings is 1. The van der Waals surface area contributed by atoms with Crippen molar-refractivity contribution in [2.24, 2.45) is 0 Å². The maximum Gasteiger partial charge on any atom is 0.103 e. The van der Waals surface area contributed by atoms with Crippen LogP contribution < -0.4 is 0 Å². The number of nitriles is 1. The van der Waals surface area contributed by atoms with Crippen LogP contribution in [0.25, 0.3) is 16.6 Å². The number of halogens is 1. The van der Waals surface area contributed by atoms with Gasteiger partial charge in [0.1, 0.15) is 6.07 Å². The Morgan fingerprint density at radius 3 is 2.78 bits per heavy atom. The van der Waals surface area contributed by atoms with Crippen LogP contribution in [0.2, 0.25) is 0 Å². The molecule has 0 saturated carbocycles. The van der Waals surface area contributed by atoms with Crippen molar-refractivity contribution in [1.82, 2.24) is 14.8 Å². The van der Waals surface area contributed by atoms with E-state index in [0.717, 1.165) is 21.1 Å². The lowest BCUT2D eigenvalue weighted by Gasteiger charge is -2.07. The largest absolute Gasteiger partial charge is 0.255 e. The van der Waals surface area contributed by atoms with E-state index in [4.69, 9.17) is 0 Å². The lowest BCUT2D eigenvalue weighted by molar-refractivity contribution is 0.883. The van der Waals surface area contributed by atoms with Crippen molar-refractivity contribution in [2.75, 3.05) is 0 Å². The Morgan fingerprint density at radius 1 is 1.22 bits per heavy atom. The molecule has 0 fully saturated rings. The fraction of sp³-hybridized carbons (Fsp3) is 0. The van der Waals surface area contributed by atoms with Gasteiger partial charge >= 0.3 is 0 Å². The number of aromatic nitrogens is 3. The van der Waals surface area contributed by atoms with Crippen LogP contribution in [0.5, 0.6) is 0 Å². The van der Waals surface area contributed by atoms with Crippen LogP contribution in [-0.4, -0.2) is 14.8 Å². The van der Waals surface area contributed by atoms with E-state index in [1.54, 1.807) is 17.1 Å². The first-order valence-corrected chi connectivity index (χ1v) is 6.07. The molecule has 2 heterocycles. The minimum atomic E-state index is 0.504. The Morgan fingerprint density at radius 2 is 2.06 bits per heavy atom. The van der Waals surface area contributed by atoms with Crippen LogP contribution in [0, 0.1) is 11.3 Å². The Balaban J connectivity index is 2.41. The predicted molar refractivity (Wildman–Crippen MR) is 71.3 cm³/mol. The first-order valence-electron chi connectivity index (χ1n) is 5.28. The molecule has 0 unspecified atom stereocenters. The van der Waals surface area contributed by atoms with Gasteiger partial charge in [-0.3, -0.25) is 4.98 Å². The Labute approximate surface area is 112 Å². The first-order chi connectivity index (χ1) is 8.79. The van der Waals surface area contributed by atoms with E-state index >= 15 is 0 Å². The highest BCUT2D eigenvalue weighted by molar-refractivity contribution is 9.10. The molecule has 0 aliphatic rings. The molecule has 0 amide bonds. The van der Waals surface area contributed by atoms with E-state index < -0.39 is 0 Å². The van der Waals surface area contributed by atoms with E-state index in [1.165, 1.54) is 0 Å². The molecule has 86 valence electrons. The van der Waals surface area contributed by atoms with Gasteiger partial charge in [-0.1, -0.05) is 18.2 Å². The summed E-state index contributed by atoms with van der Waals surface area (Å²) in [6.07, 6.45) is 5.09. The molecule has 18 heavy (non-hydrogen) atoms. The van der Waals surface area contributed by atoms with E-state index in [-0.39, 0.29) is 0 Å². The fourth-order valence-corrected chi connectivity index (χ4v) is 2.16. The van der Waals surface area contributed by atoms with Gasteiger partial charge in [0.2, 0.25) is 0 Å². The molecular formula is C13H7BrN4. The van der Waals surface area contributed by atoms with Gasteiger partial charge in [0.15, 0.2) is 0 Å². The third kappa shape index (κ3) is 1.67. The van der Waals surface area contributed by atoms with Gasteiger partial charge in [0, 0.05) is 17.8 Å². The smallest absolute Gasteiger partial charge is 0.103 e. The predicted octanol–water partition coefficient (Wildman–Crippen LogP) is 3.05. The third-order valence-electron chi connectivity index (χ3n) is 2.65. The van der Waals surface area contributed by atoms with E-state index in [9.17, 15) is 5.26 Å². The van der Waals surface area contributed by atoms with Gasteiger partial charge in [-0.05, 0) is 22.0 Å². The van der Waals surface area contributed by atoms with Crippen LogP contribution in [-0.2, 0) is 0 Å². The van der Waals surface area contributed by atoms with Crippen molar-refractivity contribution in [3.63, 3.8) is 0 Å². The summed E-state index contributed by atoms with van der Waals surface area (Å²) < 4.78 is 2.56. The van der Waals surface area contributed by atoms with E-state index in [0.29, 0.717) is 5.56 Å². The van der Waals surface area contributed by atoms with E-state index in [1.807, 2.05) is 30.5 Å². The molecular weight excluding hydrogens is 292 g/mol. The Bertz CT molecular complexity index is 770. The molecule has 0 aliphatic carbocycles. The molecule has 0 radical (unpaired) electrons. The molecule has 0 bridgehead atoms. The minimum Gasteiger partial charge on any atom is -0.255 e. The Kier molecular flexibility index (Phi) is 2.58. The van der Waals surface area contributed by atoms with Crippen molar-refractivity contribution >= 4 is 26.8 Å². The molecule has 0 N–H and O–H groups in total. The lowest BCUT2D eigenvalue weighted by atomic mass is 10.1. The summed E-state index contributed by atoms with van der Waals surface area (Å²) >= 11 is 3.36. The number of nitrogens with zero attached hydrogens (tertiary/aromatic N) is 4. The second-order valence-electron chi connectivity index (χ2n) is 3.75. The molecule has 5 heteroatoms. The topological polar surface area (TPSA) is 54.5 Å². The average Bonchev–Trinajstić information content (AvgIpc) is 2.83. The molecule has 2 aromatic heterocycles. The summed E-state index contributed by atoms with van der Waals surface area (Å²) in [6, 6.07) is 9.86. The van der Waals surface area contributed by atoms with Gasteiger partial charge in [0.05, 0.1) is 27.4 Å². The maximum absolute atomic E-state index is 9.20. The standard InChI is InChI=1S/C13H7BrN4/c14-10-7-17-18(8-10)13-9(5-15)6-16-12-4-2-1-3-11(12)13/h1-4,6-8H. The number of hydrogen-bond acceptors (Lipinski definition) is 3. The van der Waals surface area contributed by atoms with Crippen LogP contribution in [0.4, 0.5) is 0 Å². The van der Waals surface area contributed by atoms with Gasteiger partial charge in [0.25, 0.3) is 0 Å². The average molecular weight is 299 g/mol. The highest BCUT2D eigenvalue weighted by Crippen LogP contribution is 2.24. The molecule has 0 aliphatic heterocycles. The highest BCUT2D eigenvalue weighted by Gasteiger charge is 2.11. The molecule has 3 rings (SSSR count).